The van der Waals surface area contributed by atoms with E-state index in [1.165, 1.54) is 5.56 Å². The van der Waals surface area contributed by atoms with Gasteiger partial charge in [0.15, 0.2) is 0 Å². The number of benzene rings is 2. The lowest BCUT2D eigenvalue weighted by Gasteiger charge is -2.15. The molecule has 1 aromatic heterocycles. The lowest BCUT2D eigenvalue weighted by atomic mass is 10.00. The molecule has 0 spiro atoms. The number of amides is 1. The van der Waals surface area contributed by atoms with Gasteiger partial charge in [0.25, 0.3) is 0 Å². The Morgan fingerprint density at radius 1 is 1.00 bits per heavy atom. The van der Waals surface area contributed by atoms with Gasteiger partial charge in [0.05, 0.1) is 16.7 Å². The molecule has 4 rings (SSSR count). The molecule has 23 heavy (non-hydrogen) atoms. The topological polar surface area (TPSA) is 57.8 Å². The molecule has 0 saturated heterocycles. The highest BCUT2D eigenvalue weighted by molar-refractivity contribution is 8.00. The number of aromatic amines is 1. The van der Waals surface area contributed by atoms with E-state index in [0.717, 1.165) is 16.8 Å². The Balaban J connectivity index is 1.89. The second kappa shape index (κ2) is 5.93. The summed E-state index contributed by atoms with van der Waals surface area (Å²) in [6.07, 6.45) is 0. The Hall–Kier alpha value is -2.53. The molecule has 3 aromatic rings. The van der Waals surface area contributed by atoms with Crippen molar-refractivity contribution in [2.75, 3.05) is 11.1 Å². The van der Waals surface area contributed by atoms with Crippen LogP contribution in [0.4, 0.5) is 5.82 Å². The first kappa shape index (κ1) is 14.1. The van der Waals surface area contributed by atoms with E-state index in [2.05, 4.69) is 27.6 Å². The van der Waals surface area contributed by atoms with Crippen molar-refractivity contribution in [1.82, 2.24) is 10.2 Å². The van der Waals surface area contributed by atoms with Crippen LogP contribution in [0.5, 0.6) is 0 Å². The van der Waals surface area contributed by atoms with Crippen molar-refractivity contribution in [3.63, 3.8) is 0 Å². The van der Waals surface area contributed by atoms with Crippen molar-refractivity contribution >= 4 is 23.5 Å². The fourth-order valence-electron chi connectivity index (χ4n) is 2.83. The molecule has 2 heterocycles. The van der Waals surface area contributed by atoms with Crippen LogP contribution in [0.25, 0.3) is 11.3 Å². The Morgan fingerprint density at radius 3 is 2.43 bits per heavy atom. The number of rotatable bonds is 2. The number of hydrogen-bond acceptors (Lipinski definition) is 3. The highest BCUT2D eigenvalue weighted by Gasteiger charge is 2.29. The van der Waals surface area contributed by atoms with Gasteiger partial charge >= 0.3 is 0 Å². The highest BCUT2D eigenvalue weighted by atomic mass is 32.2. The molecule has 5 heteroatoms. The van der Waals surface area contributed by atoms with Crippen LogP contribution in [0.15, 0.2) is 60.7 Å². The summed E-state index contributed by atoms with van der Waals surface area (Å²) >= 11 is 1.63. The molecule has 0 bridgehead atoms. The van der Waals surface area contributed by atoms with Gasteiger partial charge in [-0.25, -0.2) is 0 Å². The second-order valence-electron chi connectivity index (χ2n) is 5.38. The van der Waals surface area contributed by atoms with E-state index in [1.54, 1.807) is 11.8 Å². The lowest BCUT2D eigenvalue weighted by molar-refractivity contribution is -0.113. The van der Waals surface area contributed by atoms with Crippen molar-refractivity contribution in [2.45, 2.75) is 5.25 Å². The van der Waals surface area contributed by atoms with E-state index < -0.39 is 0 Å². The maximum Gasteiger partial charge on any atom is 0.235 e. The zero-order valence-corrected chi connectivity index (χ0v) is 13.1. The molecule has 1 aliphatic rings. The average molecular weight is 321 g/mol. The van der Waals surface area contributed by atoms with Crippen LogP contribution in [0.2, 0.25) is 0 Å². The fraction of sp³-hybridized carbons (Fsp3) is 0.111. The largest absolute Gasteiger partial charge is 0.310 e. The van der Waals surface area contributed by atoms with Crippen LogP contribution in [0, 0.1) is 0 Å². The molecule has 2 aromatic carbocycles. The number of aromatic nitrogens is 2. The van der Waals surface area contributed by atoms with Crippen molar-refractivity contribution in [2.24, 2.45) is 0 Å². The number of fused-ring (bicyclic) bond motifs is 1. The Kier molecular flexibility index (Phi) is 3.63. The predicted molar refractivity (Wildman–Crippen MR) is 93.4 cm³/mol. The van der Waals surface area contributed by atoms with Crippen LogP contribution in [-0.4, -0.2) is 21.9 Å². The Morgan fingerprint density at radius 2 is 1.70 bits per heavy atom. The second-order valence-corrected chi connectivity index (χ2v) is 6.47. The molecule has 2 N–H and O–H groups in total. The van der Waals surface area contributed by atoms with Crippen LogP contribution in [-0.2, 0) is 4.79 Å². The molecule has 114 valence electrons. The number of carbonyl (C=O) groups is 1. The minimum atomic E-state index is -0.00190. The molecule has 0 fully saturated rings. The summed E-state index contributed by atoms with van der Waals surface area (Å²) in [7, 11) is 0. The minimum Gasteiger partial charge on any atom is -0.310 e. The van der Waals surface area contributed by atoms with Crippen LogP contribution < -0.4 is 5.32 Å². The fourth-order valence-corrected chi connectivity index (χ4v) is 3.96. The standard InChI is InChI=1S/C18H15N3OS/c22-14-11-23-17(13-9-5-2-6-10-13)15-16(20-21-18(15)19-14)12-7-3-1-4-8-12/h1-10,17H,11H2,(H2,19,20,21,22). The zero-order chi connectivity index (χ0) is 15.6. The number of anilines is 1. The number of carbonyl (C=O) groups excluding carboxylic acids is 1. The summed E-state index contributed by atoms with van der Waals surface area (Å²) in [5, 5.41) is 10.5. The number of H-pyrrole nitrogens is 1. The van der Waals surface area contributed by atoms with Gasteiger partial charge in [-0.2, -0.15) is 5.10 Å². The summed E-state index contributed by atoms with van der Waals surface area (Å²) in [6, 6.07) is 20.3. The van der Waals surface area contributed by atoms with Crippen LogP contribution in [0.3, 0.4) is 0 Å². The number of nitrogens with zero attached hydrogens (tertiary/aromatic N) is 1. The lowest BCUT2D eigenvalue weighted by Crippen LogP contribution is -2.12. The number of nitrogens with one attached hydrogen (secondary N) is 2. The van der Waals surface area contributed by atoms with Gasteiger partial charge < -0.3 is 5.32 Å². The van der Waals surface area contributed by atoms with Crippen molar-refractivity contribution in [3.8, 4) is 11.3 Å². The van der Waals surface area contributed by atoms with Gasteiger partial charge in [0.1, 0.15) is 5.82 Å². The van der Waals surface area contributed by atoms with Crippen molar-refractivity contribution in [3.05, 3.63) is 71.8 Å². The molecule has 1 amide bonds. The molecule has 4 nitrogen and oxygen atoms in total. The average Bonchev–Trinajstić information content (AvgIpc) is 2.93. The first-order chi connectivity index (χ1) is 11.3. The number of hydrogen-bond donors (Lipinski definition) is 2. The molecular formula is C18H15N3OS. The first-order valence-electron chi connectivity index (χ1n) is 7.43. The van der Waals surface area contributed by atoms with Gasteiger partial charge in [-0.3, -0.25) is 9.89 Å². The van der Waals surface area contributed by atoms with Gasteiger partial charge in [-0.15, -0.1) is 11.8 Å². The third kappa shape index (κ3) is 2.64. The highest BCUT2D eigenvalue weighted by Crippen LogP contribution is 2.44. The van der Waals surface area contributed by atoms with Crippen molar-refractivity contribution in [1.29, 1.82) is 0 Å². The van der Waals surface area contributed by atoms with Gasteiger partial charge in [0, 0.05) is 11.1 Å². The van der Waals surface area contributed by atoms with E-state index >= 15 is 0 Å². The van der Waals surface area contributed by atoms with Gasteiger partial charge in [0.2, 0.25) is 5.91 Å². The molecular weight excluding hydrogens is 306 g/mol. The number of thioether (sulfide) groups is 1. The molecule has 1 unspecified atom stereocenters. The minimum absolute atomic E-state index is 0.00190. The summed E-state index contributed by atoms with van der Waals surface area (Å²) in [6.45, 7) is 0. The summed E-state index contributed by atoms with van der Waals surface area (Å²) in [5.41, 5.74) is 4.15. The van der Waals surface area contributed by atoms with Crippen molar-refractivity contribution < 1.29 is 4.79 Å². The monoisotopic (exact) mass is 321 g/mol. The summed E-state index contributed by atoms with van der Waals surface area (Å²) in [5.74, 6) is 1.13. The van der Waals surface area contributed by atoms with Gasteiger partial charge in [-0.05, 0) is 5.56 Å². The molecule has 1 atom stereocenters. The van der Waals surface area contributed by atoms with E-state index in [-0.39, 0.29) is 11.2 Å². The SMILES string of the molecule is O=C1CSC(c2ccccc2)c2c(-c3ccccc3)n[nH]c2N1. The van der Waals surface area contributed by atoms with E-state index in [9.17, 15) is 4.79 Å². The third-order valence-corrected chi connectivity index (χ3v) is 5.13. The summed E-state index contributed by atoms with van der Waals surface area (Å²) < 4.78 is 0. The van der Waals surface area contributed by atoms with Crippen LogP contribution in [0.1, 0.15) is 16.4 Å². The Labute approximate surface area is 138 Å². The van der Waals surface area contributed by atoms with E-state index in [0.29, 0.717) is 11.6 Å². The zero-order valence-electron chi connectivity index (χ0n) is 12.3. The predicted octanol–water partition coefficient (Wildman–Crippen LogP) is 3.85. The molecule has 0 saturated carbocycles. The quantitative estimate of drug-likeness (QED) is 0.754. The molecule has 1 aliphatic heterocycles. The normalized spacial score (nSPS) is 17.2. The third-order valence-electron chi connectivity index (χ3n) is 3.86. The maximum atomic E-state index is 12.0. The summed E-state index contributed by atoms with van der Waals surface area (Å²) in [4.78, 5) is 12.0. The molecule has 0 aliphatic carbocycles. The van der Waals surface area contributed by atoms with Crippen LogP contribution >= 0.6 is 11.8 Å². The van der Waals surface area contributed by atoms with Gasteiger partial charge in [-0.1, -0.05) is 60.7 Å². The Bertz CT molecular complexity index is 830. The smallest absolute Gasteiger partial charge is 0.235 e. The van der Waals surface area contributed by atoms with E-state index in [4.69, 9.17) is 0 Å². The van der Waals surface area contributed by atoms with E-state index in [1.807, 2.05) is 48.5 Å². The maximum absolute atomic E-state index is 12.0. The first-order valence-corrected chi connectivity index (χ1v) is 8.48. The molecule has 0 radical (unpaired) electrons.